The average Bonchev–Trinajstić information content (AvgIpc) is 2.66. The molecule has 0 bridgehead atoms. The number of nitrogens with one attached hydrogen (secondary N) is 2. The Hall–Kier alpha value is -2.03. The highest BCUT2D eigenvalue weighted by atomic mass is 32.2. The molecule has 0 radical (unpaired) electrons. The van der Waals surface area contributed by atoms with Crippen molar-refractivity contribution in [3.05, 3.63) is 48.0 Å². The molecule has 146 valence electrons. The van der Waals surface area contributed by atoms with Crippen LogP contribution in [-0.4, -0.2) is 27.7 Å². The molecule has 2 aromatic rings. The number of thioether (sulfide) groups is 1. The second-order valence-electron chi connectivity index (χ2n) is 6.18. The topological polar surface area (TPSA) is 84.5 Å². The molecule has 0 spiro atoms. The molecule has 2 rings (SSSR count). The third kappa shape index (κ3) is 5.72. The maximum atomic E-state index is 12.6. The molecule has 0 atom stereocenters. The molecule has 0 aliphatic heterocycles. The van der Waals surface area contributed by atoms with Gasteiger partial charge >= 0.3 is 0 Å². The summed E-state index contributed by atoms with van der Waals surface area (Å²) in [7, 11) is -2.14. The van der Waals surface area contributed by atoms with E-state index in [2.05, 4.69) is 10.0 Å². The van der Waals surface area contributed by atoms with Gasteiger partial charge in [-0.25, -0.2) is 13.1 Å². The number of carbonyl (C=O) groups excluding carboxylic acids is 1. The van der Waals surface area contributed by atoms with E-state index in [1.807, 2.05) is 6.26 Å². The Bertz CT molecular complexity index is 894. The summed E-state index contributed by atoms with van der Waals surface area (Å²) in [6.45, 7) is 3.72. The van der Waals surface area contributed by atoms with Crippen molar-refractivity contribution in [2.24, 2.45) is 5.92 Å². The Morgan fingerprint density at radius 1 is 1.15 bits per heavy atom. The highest BCUT2D eigenvalue weighted by Crippen LogP contribution is 2.28. The van der Waals surface area contributed by atoms with Gasteiger partial charge in [-0.05, 0) is 42.2 Å². The van der Waals surface area contributed by atoms with Crippen LogP contribution < -0.4 is 14.8 Å². The Labute approximate surface area is 164 Å². The summed E-state index contributed by atoms with van der Waals surface area (Å²) in [5.41, 5.74) is 1.31. The molecule has 0 saturated carbocycles. The maximum Gasteiger partial charge on any atom is 0.240 e. The smallest absolute Gasteiger partial charge is 0.240 e. The van der Waals surface area contributed by atoms with Crippen molar-refractivity contribution in [1.82, 2.24) is 4.72 Å². The zero-order valence-electron chi connectivity index (χ0n) is 15.8. The number of methoxy groups -OCH3 is 1. The molecule has 0 aromatic heterocycles. The quantitative estimate of drug-likeness (QED) is 0.653. The van der Waals surface area contributed by atoms with Crippen LogP contribution in [0.3, 0.4) is 0 Å². The molecule has 1 amide bonds. The number of ether oxygens (including phenoxy) is 1. The fourth-order valence-electron chi connectivity index (χ4n) is 2.23. The predicted octanol–water partition coefficient (Wildman–Crippen LogP) is 3.49. The van der Waals surface area contributed by atoms with Crippen LogP contribution in [0.15, 0.2) is 52.3 Å². The lowest BCUT2D eigenvalue weighted by Gasteiger charge is -2.14. The number of benzene rings is 2. The zero-order chi connectivity index (χ0) is 20.0. The van der Waals surface area contributed by atoms with Crippen molar-refractivity contribution >= 4 is 33.4 Å². The van der Waals surface area contributed by atoms with E-state index < -0.39 is 10.0 Å². The molecule has 2 N–H and O–H groups in total. The Kier molecular flexibility index (Phi) is 7.29. The van der Waals surface area contributed by atoms with Gasteiger partial charge in [0.05, 0.1) is 17.7 Å². The van der Waals surface area contributed by atoms with Crippen molar-refractivity contribution in [3.63, 3.8) is 0 Å². The van der Waals surface area contributed by atoms with Crippen LogP contribution in [0.25, 0.3) is 0 Å². The summed E-state index contributed by atoms with van der Waals surface area (Å²) >= 11 is 1.44. The minimum atomic E-state index is -3.72. The van der Waals surface area contributed by atoms with Crippen LogP contribution >= 0.6 is 11.8 Å². The van der Waals surface area contributed by atoms with Gasteiger partial charge in [0.1, 0.15) is 5.75 Å². The molecule has 6 nitrogen and oxygen atoms in total. The number of hydrogen-bond donors (Lipinski definition) is 2. The third-order valence-corrected chi connectivity index (χ3v) is 6.08. The van der Waals surface area contributed by atoms with Crippen LogP contribution in [0.4, 0.5) is 5.69 Å². The number of hydrogen-bond acceptors (Lipinski definition) is 5. The van der Waals surface area contributed by atoms with Gasteiger partial charge in [0.15, 0.2) is 0 Å². The number of amides is 1. The fourth-order valence-corrected chi connectivity index (χ4v) is 3.81. The lowest BCUT2D eigenvalue weighted by Crippen LogP contribution is -2.24. The molecule has 0 unspecified atom stereocenters. The van der Waals surface area contributed by atoms with E-state index in [4.69, 9.17) is 4.74 Å². The van der Waals surface area contributed by atoms with Crippen molar-refractivity contribution < 1.29 is 17.9 Å². The first-order valence-corrected chi connectivity index (χ1v) is 11.1. The van der Waals surface area contributed by atoms with Gasteiger partial charge in [-0.15, -0.1) is 11.8 Å². The second kappa shape index (κ2) is 9.25. The van der Waals surface area contributed by atoms with Gasteiger partial charge in [0, 0.05) is 17.4 Å². The van der Waals surface area contributed by atoms with Crippen LogP contribution in [-0.2, 0) is 21.4 Å². The second-order valence-corrected chi connectivity index (χ2v) is 8.79. The van der Waals surface area contributed by atoms with Crippen LogP contribution in [0.5, 0.6) is 5.75 Å². The van der Waals surface area contributed by atoms with Crippen LogP contribution in [0.2, 0.25) is 0 Å². The van der Waals surface area contributed by atoms with Crippen LogP contribution in [0, 0.1) is 5.92 Å². The molecule has 0 heterocycles. The monoisotopic (exact) mass is 408 g/mol. The van der Waals surface area contributed by atoms with E-state index in [9.17, 15) is 13.2 Å². The third-order valence-electron chi connectivity index (χ3n) is 3.89. The predicted molar refractivity (Wildman–Crippen MR) is 109 cm³/mol. The largest absolute Gasteiger partial charge is 0.497 e. The van der Waals surface area contributed by atoms with Gasteiger partial charge in [-0.1, -0.05) is 26.0 Å². The summed E-state index contributed by atoms with van der Waals surface area (Å²) in [5, 5.41) is 2.79. The van der Waals surface area contributed by atoms with E-state index in [1.54, 1.807) is 51.3 Å². The summed E-state index contributed by atoms with van der Waals surface area (Å²) in [4.78, 5) is 12.9. The van der Waals surface area contributed by atoms with Gasteiger partial charge in [0.25, 0.3) is 0 Å². The molecule has 27 heavy (non-hydrogen) atoms. The summed E-state index contributed by atoms with van der Waals surface area (Å²) in [6, 6.07) is 11.9. The Morgan fingerprint density at radius 3 is 2.37 bits per heavy atom. The van der Waals surface area contributed by atoms with Gasteiger partial charge in [-0.3, -0.25) is 4.79 Å². The number of rotatable bonds is 8. The van der Waals surface area contributed by atoms with Gasteiger partial charge in [-0.2, -0.15) is 0 Å². The lowest BCUT2D eigenvalue weighted by molar-refractivity contribution is -0.118. The van der Waals surface area contributed by atoms with Crippen molar-refractivity contribution in [1.29, 1.82) is 0 Å². The molecular formula is C19H24N2O4S2. The summed E-state index contributed by atoms with van der Waals surface area (Å²) in [6.07, 6.45) is 1.87. The van der Waals surface area contributed by atoms with Gasteiger partial charge in [0.2, 0.25) is 15.9 Å². The Morgan fingerprint density at radius 2 is 1.81 bits per heavy atom. The SMILES string of the molecule is COc1ccc(CNS(=O)(=O)c2ccc(SC)c(NC(=O)C(C)C)c2)cc1. The standard InChI is InChI=1S/C19H24N2O4S2/c1-13(2)19(22)21-17-11-16(9-10-18(17)26-4)27(23,24)20-12-14-5-7-15(25-3)8-6-14/h5-11,13,20H,12H2,1-4H3,(H,21,22). The summed E-state index contributed by atoms with van der Waals surface area (Å²) in [5.74, 6) is 0.346. The molecular weight excluding hydrogens is 384 g/mol. The van der Waals surface area contributed by atoms with E-state index in [0.717, 1.165) is 10.5 Å². The zero-order valence-corrected chi connectivity index (χ0v) is 17.4. The van der Waals surface area contributed by atoms with Crippen molar-refractivity contribution in [2.45, 2.75) is 30.2 Å². The van der Waals surface area contributed by atoms with Crippen LogP contribution in [0.1, 0.15) is 19.4 Å². The molecule has 2 aromatic carbocycles. The van der Waals surface area contributed by atoms with Crippen molar-refractivity contribution in [2.75, 3.05) is 18.7 Å². The molecule has 8 heteroatoms. The average molecular weight is 409 g/mol. The number of sulfonamides is 1. The first-order chi connectivity index (χ1) is 12.8. The highest BCUT2D eigenvalue weighted by Gasteiger charge is 2.17. The first-order valence-electron chi connectivity index (χ1n) is 8.38. The van der Waals surface area contributed by atoms with Gasteiger partial charge < -0.3 is 10.1 Å². The van der Waals surface area contributed by atoms with E-state index in [-0.39, 0.29) is 23.3 Å². The van der Waals surface area contributed by atoms with E-state index in [0.29, 0.717) is 11.4 Å². The summed E-state index contributed by atoms with van der Waals surface area (Å²) < 4.78 is 33.0. The number of anilines is 1. The first kappa shape index (κ1) is 21.3. The molecule has 0 aliphatic rings. The highest BCUT2D eigenvalue weighted by molar-refractivity contribution is 7.98. The van der Waals surface area contributed by atoms with Crippen molar-refractivity contribution in [3.8, 4) is 5.75 Å². The van der Waals surface area contributed by atoms with E-state index in [1.165, 1.54) is 23.9 Å². The number of carbonyl (C=O) groups is 1. The molecule has 0 aliphatic carbocycles. The normalized spacial score (nSPS) is 11.4. The molecule has 0 fully saturated rings. The molecule has 0 saturated heterocycles. The van der Waals surface area contributed by atoms with E-state index >= 15 is 0 Å². The Balaban J connectivity index is 2.19. The minimum absolute atomic E-state index is 0.105. The lowest BCUT2D eigenvalue weighted by atomic mass is 10.2. The maximum absolute atomic E-state index is 12.6. The fraction of sp³-hybridized carbons (Fsp3) is 0.316. The minimum Gasteiger partial charge on any atom is -0.497 e.